The van der Waals surface area contributed by atoms with Crippen LogP contribution in [0.4, 0.5) is 8.78 Å². The summed E-state index contributed by atoms with van der Waals surface area (Å²) in [5.74, 6) is 0.195. The lowest BCUT2D eigenvalue weighted by Gasteiger charge is -2.18. The molecule has 0 saturated carbocycles. The summed E-state index contributed by atoms with van der Waals surface area (Å²) >= 11 is 0. The molecular weight excluding hydrogens is 330 g/mol. The quantitative estimate of drug-likeness (QED) is 0.694. The number of hydrogen-bond donors (Lipinski definition) is 1. The molecule has 0 spiro atoms. The van der Waals surface area contributed by atoms with E-state index in [1.165, 1.54) is 13.2 Å². The first-order valence-electron chi connectivity index (χ1n) is 6.98. The number of halogens is 3. The number of methoxy groups -OCH3 is 1. The molecule has 0 radical (unpaired) electrons. The maximum atomic E-state index is 12.4. The fourth-order valence-electron chi connectivity index (χ4n) is 1.98. The first-order chi connectivity index (χ1) is 10.5. The Labute approximate surface area is 141 Å². The lowest BCUT2D eigenvalue weighted by Crippen LogP contribution is -2.26. The van der Waals surface area contributed by atoms with E-state index in [0.717, 1.165) is 13.0 Å². The number of amides is 1. The SMILES string of the molecule is CNCCCC(=O)N(C)Cc1ccc(OC)c(OC(F)F)c1.Cl. The maximum Gasteiger partial charge on any atom is 0.387 e. The van der Waals surface area contributed by atoms with Gasteiger partial charge in [0.15, 0.2) is 11.5 Å². The average Bonchev–Trinajstić information content (AvgIpc) is 2.47. The highest BCUT2D eigenvalue weighted by Gasteiger charge is 2.14. The molecule has 0 aliphatic rings. The molecular formula is C15H23ClF2N2O3. The fourth-order valence-corrected chi connectivity index (χ4v) is 1.98. The van der Waals surface area contributed by atoms with Gasteiger partial charge in [0.05, 0.1) is 7.11 Å². The second-order valence-corrected chi connectivity index (χ2v) is 4.82. The molecule has 132 valence electrons. The first-order valence-corrected chi connectivity index (χ1v) is 6.98. The monoisotopic (exact) mass is 352 g/mol. The molecule has 0 bridgehead atoms. The second kappa shape index (κ2) is 11.0. The predicted molar refractivity (Wildman–Crippen MR) is 86.5 cm³/mol. The fraction of sp³-hybridized carbons (Fsp3) is 0.533. The zero-order chi connectivity index (χ0) is 16.5. The summed E-state index contributed by atoms with van der Waals surface area (Å²) in [6.07, 6.45) is 1.19. The van der Waals surface area contributed by atoms with Crippen molar-refractivity contribution in [2.75, 3.05) is 27.7 Å². The summed E-state index contributed by atoms with van der Waals surface area (Å²) in [5, 5.41) is 2.98. The highest BCUT2D eigenvalue weighted by molar-refractivity contribution is 5.85. The average molecular weight is 353 g/mol. The number of nitrogens with zero attached hydrogens (tertiary/aromatic N) is 1. The van der Waals surface area contributed by atoms with Crippen LogP contribution in [-0.2, 0) is 11.3 Å². The van der Waals surface area contributed by atoms with Gasteiger partial charge in [-0.05, 0) is 37.7 Å². The van der Waals surface area contributed by atoms with Crippen LogP contribution < -0.4 is 14.8 Å². The molecule has 0 aliphatic carbocycles. The molecule has 8 heteroatoms. The van der Waals surface area contributed by atoms with Gasteiger partial charge in [-0.1, -0.05) is 6.07 Å². The van der Waals surface area contributed by atoms with E-state index in [2.05, 4.69) is 10.1 Å². The van der Waals surface area contributed by atoms with Crippen molar-refractivity contribution < 1.29 is 23.0 Å². The summed E-state index contributed by atoms with van der Waals surface area (Å²) in [7, 11) is 4.89. The van der Waals surface area contributed by atoms with Crippen molar-refractivity contribution in [1.29, 1.82) is 0 Å². The van der Waals surface area contributed by atoms with Crippen molar-refractivity contribution in [1.82, 2.24) is 10.2 Å². The van der Waals surface area contributed by atoms with Crippen molar-refractivity contribution in [3.8, 4) is 11.5 Å². The van der Waals surface area contributed by atoms with Crippen LogP contribution in [0, 0.1) is 0 Å². The van der Waals surface area contributed by atoms with E-state index < -0.39 is 6.61 Å². The van der Waals surface area contributed by atoms with Crippen LogP contribution in [0.2, 0.25) is 0 Å². The van der Waals surface area contributed by atoms with Crippen molar-refractivity contribution in [3.05, 3.63) is 23.8 Å². The van der Waals surface area contributed by atoms with E-state index in [1.807, 2.05) is 7.05 Å². The molecule has 1 aromatic carbocycles. The second-order valence-electron chi connectivity index (χ2n) is 4.82. The zero-order valence-corrected chi connectivity index (χ0v) is 14.3. The molecule has 1 amide bonds. The molecule has 0 aromatic heterocycles. The normalized spacial score (nSPS) is 10.2. The van der Waals surface area contributed by atoms with Gasteiger partial charge in [-0.2, -0.15) is 8.78 Å². The number of nitrogens with one attached hydrogen (secondary N) is 1. The van der Waals surface area contributed by atoms with Gasteiger partial charge in [0.2, 0.25) is 5.91 Å². The molecule has 0 atom stereocenters. The van der Waals surface area contributed by atoms with E-state index in [0.29, 0.717) is 18.5 Å². The highest BCUT2D eigenvalue weighted by atomic mass is 35.5. The Morgan fingerprint density at radius 2 is 2.04 bits per heavy atom. The summed E-state index contributed by atoms with van der Waals surface area (Å²) in [6, 6.07) is 4.73. The highest BCUT2D eigenvalue weighted by Crippen LogP contribution is 2.29. The van der Waals surface area contributed by atoms with Crippen LogP contribution >= 0.6 is 12.4 Å². The van der Waals surface area contributed by atoms with E-state index in [-0.39, 0.29) is 29.8 Å². The Morgan fingerprint density at radius 1 is 1.35 bits per heavy atom. The number of ether oxygens (including phenoxy) is 2. The third-order valence-corrected chi connectivity index (χ3v) is 3.11. The third kappa shape index (κ3) is 7.47. The van der Waals surface area contributed by atoms with Crippen LogP contribution in [-0.4, -0.2) is 45.2 Å². The molecule has 0 saturated heterocycles. The number of carbonyl (C=O) groups excluding carboxylic acids is 1. The maximum absolute atomic E-state index is 12.4. The first kappa shape index (κ1) is 21.4. The molecule has 5 nitrogen and oxygen atoms in total. The summed E-state index contributed by atoms with van der Waals surface area (Å²) < 4.78 is 34.2. The molecule has 0 unspecified atom stereocenters. The van der Waals surface area contributed by atoms with Crippen LogP contribution in [0.1, 0.15) is 18.4 Å². The van der Waals surface area contributed by atoms with Gasteiger partial charge in [-0.3, -0.25) is 4.79 Å². The van der Waals surface area contributed by atoms with Crippen LogP contribution in [0.3, 0.4) is 0 Å². The molecule has 0 aliphatic heterocycles. The molecule has 1 rings (SSSR count). The Kier molecular flexibility index (Phi) is 10.2. The number of alkyl halides is 2. The lowest BCUT2D eigenvalue weighted by molar-refractivity contribution is -0.130. The van der Waals surface area contributed by atoms with Gasteiger partial charge >= 0.3 is 6.61 Å². The standard InChI is InChI=1S/C15H22F2N2O3.ClH/c1-18-8-4-5-14(20)19(2)10-11-6-7-12(21-3)13(9-11)22-15(16)17;/h6-7,9,15,18H,4-5,8,10H2,1-3H3;1H. The van der Waals surface area contributed by atoms with Gasteiger partial charge in [-0.15, -0.1) is 12.4 Å². The zero-order valence-electron chi connectivity index (χ0n) is 13.5. The van der Waals surface area contributed by atoms with E-state index in [9.17, 15) is 13.6 Å². The molecule has 1 N–H and O–H groups in total. The minimum Gasteiger partial charge on any atom is -0.493 e. The lowest BCUT2D eigenvalue weighted by atomic mass is 10.2. The molecule has 1 aromatic rings. The van der Waals surface area contributed by atoms with Crippen LogP contribution in [0.15, 0.2) is 18.2 Å². The number of benzene rings is 1. The Morgan fingerprint density at radius 3 is 2.61 bits per heavy atom. The van der Waals surface area contributed by atoms with Gasteiger partial charge in [0.1, 0.15) is 0 Å². The number of hydrogen-bond acceptors (Lipinski definition) is 4. The van der Waals surface area contributed by atoms with Crippen LogP contribution in [0.5, 0.6) is 11.5 Å². The molecule has 0 heterocycles. The van der Waals surface area contributed by atoms with Gasteiger partial charge < -0.3 is 19.7 Å². The van der Waals surface area contributed by atoms with Crippen LogP contribution in [0.25, 0.3) is 0 Å². The predicted octanol–water partition coefficient (Wildman–Crippen LogP) is 2.68. The summed E-state index contributed by atoms with van der Waals surface area (Å²) in [4.78, 5) is 13.5. The van der Waals surface area contributed by atoms with Crippen molar-refractivity contribution in [3.63, 3.8) is 0 Å². The smallest absolute Gasteiger partial charge is 0.387 e. The van der Waals surface area contributed by atoms with Crippen molar-refractivity contribution in [2.24, 2.45) is 0 Å². The molecule has 23 heavy (non-hydrogen) atoms. The van der Waals surface area contributed by atoms with E-state index in [1.54, 1.807) is 24.1 Å². The van der Waals surface area contributed by atoms with Crippen molar-refractivity contribution in [2.45, 2.75) is 26.0 Å². The topological polar surface area (TPSA) is 50.8 Å². The minimum absolute atomic E-state index is 0. The summed E-state index contributed by atoms with van der Waals surface area (Å²) in [6.45, 7) is -1.83. The number of rotatable bonds is 9. The Hall–Kier alpha value is -1.60. The minimum atomic E-state index is -2.93. The van der Waals surface area contributed by atoms with E-state index in [4.69, 9.17) is 4.74 Å². The largest absolute Gasteiger partial charge is 0.493 e. The van der Waals surface area contributed by atoms with Gasteiger partial charge in [0.25, 0.3) is 0 Å². The van der Waals surface area contributed by atoms with Crippen molar-refractivity contribution >= 4 is 18.3 Å². The van der Waals surface area contributed by atoms with E-state index >= 15 is 0 Å². The Balaban J connectivity index is 0.00000484. The Bertz CT molecular complexity index is 490. The summed E-state index contributed by atoms with van der Waals surface area (Å²) in [5.41, 5.74) is 0.695. The number of carbonyl (C=O) groups is 1. The van der Waals surface area contributed by atoms with Gasteiger partial charge in [-0.25, -0.2) is 0 Å². The molecule has 0 fully saturated rings. The van der Waals surface area contributed by atoms with Gasteiger partial charge in [0, 0.05) is 20.0 Å². The third-order valence-electron chi connectivity index (χ3n) is 3.11.